The predicted molar refractivity (Wildman–Crippen MR) is 111 cm³/mol. The van der Waals surface area contributed by atoms with Crippen molar-refractivity contribution in [3.63, 3.8) is 0 Å². The quantitative estimate of drug-likeness (QED) is 0.690. The molecule has 1 atom stereocenters. The van der Waals surface area contributed by atoms with Crippen molar-refractivity contribution in [2.45, 2.75) is 53.3 Å². The minimum absolute atomic E-state index is 0.00441. The molecule has 0 aliphatic heterocycles. The van der Waals surface area contributed by atoms with Crippen LogP contribution in [0.2, 0.25) is 0 Å². The molecular weight excluding hydrogens is 387 g/mol. The number of amides is 2. The molecule has 1 aliphatic rings. The summed E-state index contributed by atoms with van der Waals surface area (Å²) >= 11 is 0. The first kappa shape index (κ1) is 21.7. The van der Waals surface area contributed by atoms with Crippen molar-refractivity contribution >= 4 is 17.8 Å². The van der Waals surface area contributed by atoms with E-state index in [0.717, 1.165) is 29.5 Å². The second-order valence-corrected chi connectivity index (χ2v) is 7.81. The van der Waals surface area contributed by atoms with Crippen LogP contribution in [0.5, 0.6) is 5.75 Å². The lowest BCUT2D eigenvalue weighted by Gasteiger charge is -2.15. The highest BCUT2D eigenvalue weighted by atomic mass is 19.1. The third kappa shape index (κ3) is 5.75. The molecule has 0 unspecified atom stereocenters. The van der Waals surface area contributed by atoms with Crippen molar-refractivity contribution in [2.24, 2.45) is 5.92 Å². The standard InChI is InChI=1S/C22H27FN4O3/c1-12-7-16(8-13(2)19(12)30-11-14(3)23)10-24-21(29)18-9-15(4)25-22(26-18)27-20(28)17-5-6-17/h7-9,14,17H,5-6,10-11H2,1-4H3,(H,24,29)(H,25,26,27,28)/t14-/m1/s1. The highest BCUT2D eigenvalue weighted by Crippen LogP contribution is 2.29. The number of rotatable bonds is 8. The minimum Gasteiger partial charge on any atom is -0.490 e. The van der Waals surface area contributed by atoms with Gasteiger partial charge in [0.1, 0.15) is 24.2 Å². The van der Waals surface area contributed by atoms with Crippen molar-refractivity contribution in [3.05, 3.63) is 46.3 Å². The van der Waals surface area contributed by atoms with Gasteiger partial charge in [-0.05, 0) is 63.3 Å². The monoisotopic (exact) mass is 414 g/mol. The van der Waals surface area contributed by atoms with E-state index in [1.54, 1.807) is 13.0 Å². The van der Waals surface area contributed by atoms with Gasteiger partial charge < -0.3 is 10.1 Å². The summed E-state index contributed by atoms with van der Waals surface area (Å²) in [6.45, 7) is 7.27. The lowest BCUT2D eigenvalue weighted by molar-refractivity contribution is -0.117. The number of carbonyl (C=O) groups excluding carboxylic acids is 2. The molecule has 2 aromatic rings. The molecule has 160 valence electrons. The summed E-state index contributed by atoms with van der Waals surface area (Å²) in [5.74, 6) is 0.369. The Hall–Kier alpha value is -3.03. The summed E-state index contributed by atoms with van der Waals surface area (Å²) in [5.41, 5.74) is 3.44. The van der Waals surface area contributed by atoms with Gasteiger partial charge in [0.15, 0.2) is 0 Å². The highest BCUT2D eigenvalue weighted by molar-refractivity contribution is 5.95. The van der Waals surface area contributed by atoms with Gasteiger partial charge in [0, 0.05) is 18.2 Å². The van der Waals surface area contributed by atoms with Gasteiger partial charge in [-0.15, -0.1) is 0 Å². The van der Waals surface area contributed by atoms with Gasteiger partial charge in [0.25, 0.3) is 5.91 Å². The summed E-state index contributed by atoms with van der Waals surface area (Å²) in [6.07, 6.45) is 0.707. The van der Waals surface area contributed by atoms with Gasteiger partial charge in [-0.2, -0.15) is 0 Å². The molecule has 0 bridgehead atoms. The molecule has 7 nitrogen and oxygen atoms in total. The molecule has 3 rings (SSSR count). The molecule has 1 aliphatic carbocycles. The van der Waals surface area contributed by atoms with E-state index < -0.39 is 6.17 Å². The normalized spacial score (nSPS) is 14.2. The molecule has 8 heteroatoms. The maximum Gasteiger partial charge on any atom is 0.270 e. The van der Waals surface area contributed by atoms with Gasteiger partial charge >= 0.3 is 0 Å². The van der Waals surface area contributed by atoms with Crippen LogP contribution in [0.1, 0.15) is 52.6 Å². The zero-order valence-corrected chi connectivity index (χ0v) is 17.7. The van der Waals surface area contributed by atoms with Crippen LogP contribution in [-0.4, -0.2) is 34.6 Å². The Labute approximate surface area is 175 Å². The van der Waals surface area contributed by atoms with E-state index in [0.29, 0.717) is 18.0 Å². The average molecular weight is 414 g/mol. The molecule has 2 amide bonds. The number of nitrogens with one attached hydrogen (secondary N) is 2. The summed E-state index contributed by atoms with van der Waals surface area (Å²) < 4.78 is 18.6. The molecule has 1 aromatic heterocycles. The summed E-state index contributed by atoms with van der Waals surface area (Å²) in [5, 5.41) is 5.51. The van der Waals surface area contributed by atoms with Crippen LogP contribution in [0.4, 0.5) is 10.3 Å². The molecule has 0 saturated heterocycles. The topological polar surface area (TPSA) is 93.2 Å². The molecule has 1 saturated carbocycles. The van der Waals surface area contributed by atoms with Crippen LogP contribution >= 0.6 is 0 Å². The van der Waals surface area contributed by atoms with Crippen LogP contribution in [0, 0.1) is 26.7 Å². The molecule has 2 N–H and O–H groups in total. The molecule has 30 heavy (non-hydrogen) atoms. The average Bonchev–Trinajstić information content (AvgIpc) is 3.50. The van der Waals surface area contributed by atoms with E-state index in [1.165, 1.54) is 6.92 Å². The van der Waals surface area contributed by atoms with Gasteiger partial charge in [-0.25, -0.2) is 14.4 Å². The fourth-order valence-electron chi connectivity index (χ4n) is 3.14. The molecule has 1 fully saturated rings. The molecule has 0 radical (unpaired) electrons. The van der Waals surface area contributed by atoms with E-state index in [9.17, 15) is 14.0 Å². The fourth-order valence-corrected chi connectivity index (χ4v) is 3.14. The van der Waals surface area contributed by atoms with Crippen molar-refractivity contribution < 1.29 is 18.7 Å². The molecular formula is C22H27FN4O3. The van der Waals surface area contributed by atoms with Gasteiger partial charge in [0.05, 0.1) is 0 Å². The highest BCUT2D eigenvalue weighted by Gasteiger charge is 2.30. The number of aromatic nitrogens is 2. The van der Waals surface area contributed by atoms with Crippen molar-refractivity contribution in [1.29, 1.82) is 0 Å². The number of alkyl halides is 1. The van der Waals surface area contributed by atoms with Gasteiger partial charge in [-0.1, -0.05) is 12.1 Å². The number of nitrogens with zero attached hydrogens (tertiary/aromatic N) is 2. The minimum atomic E-state index is -1.04. The largest absolute Gasteiger partial charge is 0.490 e. The second kappa shape index (κ2) is 9.19. The van der Waals surface area contributed by atoms with Crippen LogP contribution < -0.4 is 15.4 Å². The van der Waals surface area contributed by atoms with Crippen molar-refractivity contribution in [2.75, 3.05) is 11.9 Å². The van der Waals surface area contributed by atoms with Gasteiger partial charge in [-0.3, -0.25) is 14.9 Å². The third-order valence-corrected chi connectivity index (χ3v) is 4.70. The van der Waals surface area contributed by atoms with E-state index in [1.807, 2.05) is 26.0 Å². The summed E-state index contributed by atoms with van der Waals surface area (Å²) in [6, 6.07) is 5.38. The van der Waals surface area contributed by atoms with E-state index in [4.69, 9.17) is 4.74 Å². The lowest BCUT2D eigenvalue weighted by Crippen LogP contribution is -2.25. The first-order valence-electron chi connectivity index (χ1n) is 10.0. The van der Waals surface area contributed by atoms with Crippen LogP contribution in [0.15, 0.2) is 18.2 Å². The third-order valence-electron chi connectivity index (χ3n) is 4.70. The van der Waals surface area contributed by atoms with E-state index in [2.05, 4.69) is 20.6 Å². The summed E-state index contributed by atoms with van der Waals surface area (Å²) in [4.78, 5) is 32.9. The number of halogens is 1. The number of carbonyl (C=O) groups is 2. The van der Waals surface area contributed by atoms with Crippen LogP contribution in [0.3, 0.4) is 0 Å². The van der Waals surface area contributed by atoms with Crippen molar-refractivity contribution in [1.82, 2.24) is 15.3 Å². The fraction of sp³-hybridized carbons (Fsp3) is 0.455. The Kier molecular flexibility index (Phi) is 6.64. The number of anilines is 1. The second-order valence-electron chi connectivity index (χ2n) is 7.81. The first-order chi connectivity index (χ1) is 14.2. The maximum absolute atomic E-state index is 13.1. The Balaban J connectivity index is 1.65. The number of hydrogen-bond donors (Lipinski definition) is 2. The predicted octanol–water partition coefficient (Wildman–Crippen LogP) is 3.42. The van der Waals surface area contributed by atoms with Crippen LogP contribution in [-0.2, 0) is 11.3 Å². The number of ether oxygens (including phenoxy) is 1. The van der Waals surface area contributed by atoms with Crippen LogP contribution in [0.25, 0.3) is 0 Å². The Bertz CT molecular complexity index is 934. The molecule has 0 spiro atoms. The van der Waals surface area contributed by atoms with E-state index in [-0.39, 0.29) is 36.0 Å². The summed E-state index contributed by atoms with van der Waals surface area (Å²) in [7, 11) is 0. The Morgan fingerprint density at radius 2 is 1.83 bits per heavy atom. The first-order valence-corrected chi connectivity index (χ1v) is 10.0. The Morgan fingerprint density at radius 3 is 2.43 bits per heavy atom. The molecule has 1 aromatic carbocycles. The lowest BCUT2D eigenvalue weighted by atomic mass is 10.1. The maximum atomic E-state index is 13.1. The number of aryl methyl sites for hydroxylation is 3. The SMILES string of the molecule is Cc1cc(C(=O)NCc2cc(C)c(OC[C@@H](C)F)c(C)c2)nc(NC(=O)C2CC2)n1. The zero-order valence-electron chi connectivity index (χ0n) is 17.7. The Morgan fingerprint density at radius 1 is 1.17 bits per heavy atom. The van der Waals surface area contributed by atoms with Gasteiger partial charge in [0.2, 0.25) is 11.9 Å². The smallest absolute Gasteiger partial charge is 0.270 e. The van der Waals surface area contributed by atoms with Crippen molar-refractivity contribution in [3.8, 4) is 5.75 Å². The van der Waals surface area contributed by atoms with E-state index >= 15 is 0 Å². The molecule has 1 heterocycles. The zero-order chi connectivity index (χ0) is 21.8. The number of benzene rings is 1. The number of hydrogen-bond acceptors (Lipinski definition) is 5.